The molecule has 0 unspecified atom stereocenters. The Kier molecular flexibility index (Phi) is 4.62. The molecule has 0 N–H and O–H groups in total. The first-order valence-corrected chi connectivity index (χ1v) is 8.62. The average Bonchev–Trinajstić information content (AvgIpc) is 3.18. The number of ether oxygens (including phenoxy) is 1. The summed E-state index contributed by atoms with van der Waals surface area (Å²) in [5, 5.41) is 9.22. The zero-order valence-corrected chi connectivity index (χ0v) is 15.4. The monoisotopic (exact) mass is 396 g/mol. The van der Waals surface area contributed by atoms with E-state index in [1.165, 1.54) is 7.05 Å². The van der Waals surface area contributed by atoms with Crippen LogP contribution in [-0.2, 0) is 18.4 Å². The largest absolute Gasteiger partial charge is 0.451 e. The standard InChI is InChI=1S/C19H13ClN4O4/c1-24-18(25)14-8-3-2-7-13(14)16(22-24)19(26)27-10-15-21-17(23-28-15)11-5-4-6-12(20)9-11/h2-9H,10H2,1H3. The van der Waals surface area contributed by atoms with Gasteiger partial charge in [-0.05, 0) is 18.2 Å². The van der Waals surface area contributed by atoms with Gasteiger partial charge in [-0.2, -0.15) is 10.1 Å². The summed E-state index contributed by atoms with van der Waals surface area (Å²) < 4.78 is 11.5. The first-order valence-electron chi connectivity index (χ1n) is 8.24. The van der Waals surface area contributed by atoms with Crippen molar-refractivity contribution in [3.8, 4) is 11.4 Å². The number of carbonyl (C=O) groups is 1. The second kappa shape index (κ2) is 7.24. The van der Waals surface area contributed by atoms with E-state index in [0.717, 1.165) is 4.68 Å². The zero-order valence-electron chi connectivity index (χ0n) is 14.6. The fraction of sp³-hybridized carbons (Fsp3) is 0.105. The number of fused-ring (bicyclic) bond motifs is 1. The van der Waals surface area contributed by atoms with Crippen LogP contribution in [0, 0.1) is 0 Å². The Labute approximate surface area is 163 Å². The highest BCUT2D eigenvalue weighted by Gasteiger charge is 2.18. The van der Waals surface area contributed by atoms with Gasteiger partial charge in [0.25, 0.3) is 11.4 Å². The number of benzene rings is 2. The first-order chi connectivity index (χ1) is 13.5. The third-order valence-corrected chi connectivity index (χ3v) is 4.26. The van der Waals surface area contributed by atoms with Crippen molar-refractivity contribution < 1.29 is 14.1 Å². The van der Waals surface area contributed by atoms with Crippen molar-refractivity contribution in [2.24, 2.45) is 7.05 Å². The van der Waals surface area contributed by atoms with Crippen LogP contribution in [0.2, 0.25) is 5.02 Å². The van der Waals surface area contributed by atoms with E-state index in [4.69, 9.17) is 20.9 Å². The number of nitrogens with zero attached hydrogens (tertiary/aromatic N) is 4. The molecular formula is C19H13ClN4O4. The fourth-order valence-corrected chi connectivity index (χ4v) is 2.89. The van der Waals surface area contributed by atoms with E-state index in [9.17, 15) is 9.59 Å². The summed E-state index contributed by atoms with van der Waals surface area (Å²) in [7, 11) is 1.47. The van der Waals surface area contributed by atoms with Gasteiger partial charge in [0.2, 0.25) is 5.82 Å². The predicted octanol–water partition coefficient (Wildman–Crippen LogP) is 2.99. The van der Waals surface area contributed by atoms with Gasteiger partial charge in [-0.25, -0.2) is 9.48 Å². The maximum absolute atomic E-state index is 12.5. The molecule has 0 fully saturated rings. The summed E-state index contributed by atoms with van der Waals surface area (Å²) in [5.74, 6) is -0.244. The minimum Gasteiger partial charge on any atom is -0.451 e. The van der Waals surface area contributed by atoms with Crippen LogP contribution >= 0.6 is 11.6 Å². The van der Waals surface area contributed by atoms with E-state index >= 15 is 0 Å². The Hall–Kier alpha value is -3.52. The van der Waals surface area contributed by atoms with E-state index in [1.807, 2.05) is 0 Å². The Morgan fingerprint density at radius 3 is 2.75 bits per heavy atom. The lowest BCUT2D eigenvalue weighted by molar-refractivity contribution is 0.0423. The van der Waals surface area contributed by atoms with E-state index in [1.54, 1.807) is 48.5 Å². The molecule has 0 aliphatic rings. The Morgan fingerprint density at radius 1 is 1.18 bits per heavy atom. The van der Waals surface area contributed by atoms with Crippen LogP contribution in [0.5, 0.6) is 0 Å². The molecule has 4 rings (SSSR count). The smallest absolute Gasteiger partial charge is 0.359 e. The van der Waals surface area contributed by atoms with E-state index < -0.39 is 5.97 Å². The number of rotatable bonds is 4. The van der Waals surface area contributed by atoms with Crippen LogP contribution < -0.4 is 5.56 Å². The molecule has 9 heteroatoms. The molecule has 0 radical (unpaired) electrons. The minimum absolute atomic E-state index is 0.0345. The van der Waals surface area contributed by atoms with Crippen LogP contribution in [0.15, 0.2) is 57.8 Å². The highest BCUT2D eigenvalue weighted by Crippen LogP contribution is 2.20. The van der Waals surface area contributed by atoms with Gasteiger partial charge < -0.3 is 9.26 Å². The van der Waals surface area contributed by atoms with Crippen molar-refractivity contribution in [1.29, 1.82) is 0 Å². The summed E-state index contributed by atoms with van der Waals surface area (Å²) in [4.78, 5) is 28.9. The highest BCUT2D eigenvalue weighted by molar-refractivity contribution is 6.30. The lowest BCUT2D eigenvalue weighted by Crippen LogP contribution is -2.23. The Bertz CT molecular complexity index is 1250. The summed E-state index contributed by atoms with van der Waals surface area (Å²) in [5.41, 5.74) is 0.419. The van der Waals surface area contributed by atoms with Crippen molar-refractivity contribution in [3.05, 3.63) is 75.5 Å². The quantitative estimate of drug-likeness (QED) is 0.489. The average molecular weight is 397 g/mol. The SMILES string of the molecule is Cn1nc(C(=O)OCc2nc(-c3cccc(Cl)c3)no2)c2ccccc2c1=O. The maximum Gasteiger partial charge on any atom is 0.359 e. The summed E-state index contributed by atoms with van der Waals surface area (Å²) in [6.07, 6.45) is 0. The number of hydrogen-bond donors (Lipinski definition) is 0. The van der Waals surface area contributed by atoms with Crippen molar-refractivity contribution in [2.45, 2.75) is 6.61 Å². The van der Waals surface area contributed by atoms with E-state index in [-0.39, 0.29) is 23.8 Å². The minimum atomic E-state index is -0.700. The molecule has 0 spiro atoms. The topological polar surface area (TPSA) is 100 Å². The summed E-state index contributed by atoms with van der Waals surface area (Å²) in [6, 6.07) is 13.7. The third kappa shape index (κ3) is 3.37. The molecule has 0 saturated carbocycles. The molecule has 28 heavy (non-hydrogen) atoms. The van der Waals surface area contributed by atoms with Crippen molar-refractivity contribution in [3.63, 3.8) is 0 Å². The van der Waals surface area contributed by atoms with Gasteiger partial charge in [-0.15, -0.1) is 0 Å². The van der Waals surface area contributed by atoms with Gasteiger partial charge in [0.15, 0.2) is 12.3 Å². The molecule has 2 aromatic heterocycles. The molecule has 2 aromatic carbocycles. The van der Waals surface area contributed by atoms with Gasteiger partial charge >= 0.3 is 5.97 Å². The fourth-order valence-electron chi connectivity index (χ4n) is 2.70. The predicted molar refractivity (Wildman–Crippen MR) is 101 cm³/mol. The zero-order chi connectivity index (χ0) is 19.7. The molecule has 0 aliphatic carbocycles. The van der Waals surface area contributed by atoms with Crippen molar-refractivity contribution in [2.75, 3.05) is 0 Å². The van der Waals surface area contributed by atoms with E-state index in [0.29, 0.717) is 27.2 Å². The van der Waals surface area contributed by atoms with Crippen LogP contribution in [0.3, 0.4) is 0 Å². The van der Waals surface area contributed by atoms with Gasteiger partial charge in [-0.3, -0.25) is 4.79 Å². The number of carbonyl (C=O) groups excluding carboxylic acids is 1. The molecule has 0 amide bonds. The lowest BCUT2D eigenvalue weighted by Gasteiger charge is -2.07. The van der Waals surface area contributed by atoms with Crippen LogP contribution in [0.1, 0.15) is 16.4 Å². The normalized spacial score (nSPS) is 10.9. The molecule has 140 valence electrons. The molecule has 8 nitrogen and oxygen atoms in total. The highest BCUT2D eigenvalue weighted by atomic mass is 35.5. The molecule has 0 saturated heterocycles. The van der Waals surface area contributed by atoms with Gasteiger partial charge in [0, 0.05) is 23.0 Å². The summed E-state index contributed by atoms with van der Waals surface area (Å²) in [6.45, 7) is -0.231. The molecule has 0 atom stereocenters. The second-order valence-electron chi connectivity index (χ2n) is 5.92. The number of esters is 1. The van der Waals surface area contributed by atoms with Crippen molar-refractivity contribution >= 4 is 28.3 Å². The lowest BCUT2D eigenvalue weighted by atomic mass is 10.1. The molecule has 0 aliphatic heterocycles. The molecule has 2 heterocycles. The van der Waals surface area contributed by atoms with Gasteiger partial charge in [0.05, 0.1) is 5.39 Å². The van der Waals surface area contributed by atoms with Crippen LogP contribution in [0.4, 0.5) is 0 Å². The molecule has 0 bridgehead atoms. The Balaban J connectivity index is 1.55. The maximum atomic E-state index is 12.5. The third-order valence-electron chi connectivity index (χ3n) is 4.03. The number of aromatic nitrogens is 4. The Morgan fingerprint density at radius 2 is 1.96 bits per heavy atom. The van der Waals surface area contributed by atoms with Crippen LogP contribution in [-0.4, -0.2) is 25.9 Å². The number of halogens is 1. The number of hydrogen-bond acceptors (Lipinski definition) is 7. The molecule has 4 aromatic rings. The first kappa shape index (κ1) is 17.9. The second-order valence-corrected chi connectivity index (χ2v) is 6.36. The number of aryl methyl sites for hydroxylation is 1. The van der Waals surface area contributed by atoms with Gasteiger partial charge in [0.1, 0.15) is 0 Å². The van der Waals surface area contributed by atoms with Crippen molar-refractivity contribution in [1.82, 2.24) is 19.9 Å². The molecular weight excluding hydrogens is 384 g/mol. The summed E-state index contributed by atoms with van der Waals surface area (Å²) >= 11 is 5.96. The van der Waals surface area contributed by atoms with Crippen LogP contribution in [0.25, 0.3) is 22.2 Å². The van der Waals surface area contributed by atoms with E-state index in [2.05, 4.69) is 15.2 Å². The van der Waals surface area contributed by atoms with Gasteiger partial charge in [-0.1, -0.05) is 47.1 Å².